The van der Waals surface area contributed by atoms with Gasteiger partial charge in [-0.15, -0.1) is 0 Å². The van der Waals surface area contributed by atoms with Gasteiger partial charge in [-0.3, -0.25) is 14.5 Å². The van der Waals surface area contributed by atoms with E-state index in [1.54, 1.807) is 36.4 Å². The van der Waals surface area contributed by atoms with Crippen LogP contribution in [-0.2, 0) is 4.79 Å². The predicted molar refractivity (Wildman–Crippen MR) is 105 cm³/mol. The summed E-state index contributed by atoms with van der Waals surface area (Å²) in [6.07, 6.45) is 0. The van der Waals surface area contributed by atoms with Crippen LogP contribution in [0.15, 0.2) is 48.5 Å². The van der Waals surface area contributed by atoms with E-state index < -0.39 is 0 Å². The van der Waals surface area contributed by atoms with E-state index in [0.717, 1.165) is 31.9 Å². The molecule has 1 saturated heterocycles. The molecule has 1 fully saturated rings. The van der Waals surface area contributed by atoms with Gasteiger partial charge in [-0.25, -0.2) is 4.39 Å². The maximum Gasteiger partial charge on any atom is 0.241 e. The van der Waals surface area contributed by atoms with Gasteiger partial charge in [-0.1, -0.05) is 12.1 Å². The molecule has 1 atom stereocenters. The molecule has 0 unspecified atom stereocenters. The zero-order valence-corrected chi connectivity index (χ0v) is 15.6. The van der Waals surface area contributed by atoms with Gasteiger partial charge in [0, 0.05) is 43.1 Å². The van der Waals surface area contributed by atoms with Crippen LogP contribution in [0.1, 0.15) is 24.2 Å². The molecule has 27 heavy (non-hydrogen) atoms. The van der Waals surface area contributed by atoms with Gasteiger partial charge in [0.1, 0.15) is 5.82 Å². The molecule has 6 heteroatoms. The molecule has 0 bridgehead atoms. The minimum atomic E-state index is -0.277. The van der Waals surface area contributed by atoms with Crippen molar-refractivity contribution in [3.63, 3.8) is 0 Å². The fourth-order valence-corrected chi connectivity index (χ4v) is 3.25. The van der Waals surface area contributed by atoms with Gasteiger partial charge in [-0.05, 0) is 50.2 Å². The number of nitrogens with one attached hydrogen (secondary N) is 1. The maximum atomic E-state index is 13.1. The molecular weight excluding hydrogens is 345 g/mol. The van der Waals surface area contributed by atoms with Crippen LogP contribution < -0.4 is 10.2 Å². The van der Waals surface area contributed by atoms with Crippen molar-refractivity contribution in [2.75, 3.05) is 36.4 Å². The summed E-state index contributed by atoms with van der Waals surface area (Å²) in [5.74, 6) is -0.362. The smallest absolute Gasteiger partial charge is 0.241 e. The first-order valence-corrected chi connectivity index (χ1v) is 9.10. The number of hydrogen-bond acceptors (Lipinski definition) is 4. The van der Waals surface area contributed by atoms with E-state index in [0.29, 0.717) is 11.3 Å². The van der Waals surface area contributed by atoms with E-state index in [1.807, 2.05) is 6.92 Å². The fraction of sp³-hybridized carbons (Fsp3) is 0.333. The van der Waals surface area contributed by atoms with Gasteiger partial charge >= 0.3 is 0 Å². The molecule has 1 aliphatic heterocycles. The van der Waals surface area contributed by atoms with Crippen LogP contribution in [0.25, 0.3) is 0 Å². The Kier molecular flexibility index (Phi) is 5.86. The third kappa shape index (κ3) is 4.71. The number of carbonyl (C=O) groups excluding carboxylic acids is 2. The highest BCUT2D eigenvalue weighted by Gasteiger charge is 2.25. The predicted octanol–water partition coefficient (Wildman–Crippen LogP) is 3.18. The van der Waals surface area contributed by atoms with E-state index in [1.165, 1.54) is 19.1 Å². The Balaban J connectivity index is 1.56. The molecule has 0 radical (unpaired) electrons. The standard InChI is InChI=1S/C21H24FN3O2/c1-15(21(27)23-19-5-3-4-17(14-19)16(2)26)24-10-12-25(13-11-24)20-8-6-18(22)7-9-20/h3-9,14-15H,10-13H2,1-2H3,(H,23,27)/t15-/m0/s1. The van der Waals surface area contributed by atoms with Crippen LogP contribution >= 0.6 is 0 Å². The molecule has 2 aromatic rings. The highest BCUT2D eigenvalue weighted by Crippen LogP contribution is 2.18. The fourth-order valence-electron chi connectivity index (χ4n) is 3.25. The molecule has 0 aliphatic carbocycles. The molecule has 0 aromatic heterocycles. The van der Waals surface area contributed by atoms with Crippen LogP contribution in [0, 0.1) is 5.82 Å². The van der Waals surface area contributed by atoms with E-state index in [-0.39, 0.29) is 23.5 Å². The van der Waals surface area contributed by atoms with Gasteiger partial charge in [0.25, 0.3) is 0 Å². The summed E-state index contributed by atoms with van der Waals surface area (Å²) in [6.45, 7) is 6.45. The topological polar surface area (TPSA) is 52.7 Å². The van der Waals surface area contributed by atoms with Crippen molar-refractivity contribution in [1.82, 2.24) is 4.90 Å². The van der Waals surface area contributed by atoms with Crippen LogP contribution in [-0.4, -0.2) is 48.8 Å². The second kappa shape index (κ2) is 8.31. The number of rotatable bonds is 5. The van der Waals surface area contributed by atoms with Crippen molar-refractivity contribution in [1.29, 1.82) is 0 Å². The Morgan fingerprint density at radius 2 is 1.70 bits per heavy atom. The van der Waals surface area contributed by atoms with Crippen molar-refractivity contribution in [3.05, 3.63) is 59.9 Å². The Bertz CT molecular complexity index is 814. The second-order valence-electron chi connectivity index (χ2n) is 6.80. The van der Waals surface area contributed by atoms with Crippen molar-refractivity contribution in [2.45, 2.75) is 19.9 Å². The average molecular weight is 369 g/mol. The molecular formula is C21H24FN3O2. The Morgan fingerprint density at radius 3 is 2.33 bits per heavy atom. The summed E-state index contributed by atoms with van der Waals surface area (Å²) in [6, 6.07) is 13.2. The number of piperazine rings is 1. The van der Waals surface area contributed by atoms with Crippen molar-refractivity contribution < 1.29 is 14.0 Å². The summed E-state index contributed by atoms with van der Waals surface area (Å²) < 4.78 is 13.1. The number of Topliss-reactive ketones (excluding diaryl/α,β-unsaturated/α-hetero) is 1. The summed E-state index contributed by atoms with van der Waals surface area (Å²) in [5.41, 5.74) is 2.20. The third-order valence-corrected chi connectivity index (χ3v) is 4.97. The minimum absolute atomic E-state index is 0.0314. The number of halogens is 1. The molecule has 1 heterocycles. The van der Waals surface area contributed by atoms with Gasteiger partial charge in [0.15, 0.2) is 5.78 Å². The van der Waals surface area contributed by atoms with E-state index >= 15 is 0 Å². The lowest BCUT2D eigenvalue weighted by Crippen LogP contribution is -2.52. The summed E-state index contributed by atoms with van der Waals surface area (Å²) in [5, 5.41) is 2.90. The van der Waals surface area contributed by atoms with E-state index in [2.05, 4.69) is 15.1 Å². The number of ketones is 1. The number of anilines is 2. The van der Waals surface area contributed by atoms with Crippen molar-refractivity contribution in [3.8, 4) is 0 Å². The second-order valence-corrected chi connectivity index (χ2v) is 6.80. The first kappa shape index (κ1) is 19.0. The zero-order chi connectivity index (χ0) is 19.4. The summed E-state index contributed by atoms with van der Waals surface area (Å²) in [7, 11) is 0. The molecule has 0 saturated carbocycles. The van der Waals surface area contributed by atoms with Crippen molar-refractivity contribution >= 4 is 23.1 Å². The van der Waals surface area contributed by atoms with Crippen LogP contribution in [0.2, 0.25) is 0 Å². The lowest BCUT2D eigenvalue weighted by molar-refractivity contribution is -0.120. The SMILES string of the molecule is CC(=O)c1cccc(NC(=O)[C@H](C)N2CCN(c3ccc(F)cc3)CC2)c1. The first-order chi connectivity index (χ1) is 12.9. The quantitative estimate of drug-likeness (QED) is 0.823. The van der Waals surface area contributed by atoms with Gasteiger partial charge in [0.2, 0.25) is 5.91 Å². The molecule has 1 amide bonds. The number of nitrogens with zero attached hydrogens (tertiary/aromatic N) is 2. The molecule has 5 nitrogen and oxygen atoms in total. The van der Waals surface area contributed by atoms with Gasteiger partial charge in [0.05, 0.1) is 6.04 Å². The molecule has 0 spiro atoms. The Morgan fingerprint density at radius 1 is 1.04 bits per heavy atom. The average Bonchev–Trinajstić information content (AvgIpc) is 2.68. The van der Waals surface area contributed by atoms with Crippen molar-refractivity contribution in [2.24, 2.45) is 0 Å². The Hall–Kier alpha value is -2.73. The zero-order valence-electron chi connectivity index (χ0n) is 15.6. The summed E-state index contributed by atoms with van der Waals surface area (Å²) in [4.78, 5) is 28.4. The minimum Gasteiger partial charge on any atom is -0.369 e. The number of amides is 1. The molecule has 2 aromatic carbocycles. The lowest BCUT2D eigenvalue weighted by atomic mass is 10.1. The van der Waals surface area contributed by atoms with Gasteiger partial charge < -0.3 is 10.2 Å². The normalized spacial score (nSPS) is 16.0. The molecule has 1 aliphatic rings. The van der Waals surface area contributed by atoms with Crippen LogP contribution in [0.4, 0.5) is 15.8 Å². The van der Waals surface area contributed by atoms with E-state index in [9.17, 15) is 14.0 Å². The largest absolute Gasteiger partial charge is 0.369 e. The number of hydrogen-bond donors (Lipinski definition) is 1. The monoisotopic (exact) mass is 369 g/mol. The number of carbonyl (C=O) groups is 2. The Labute approximate surface area is 158 Å². The summed E-state index contributed by atoms with van der Waals surface area (Å²) >= 11 is 0. The van der Waals surface area contributed by atoms with Gasteiger partial charge in [-0.2, -0.15) is 0 Å². The molecule has 142 valence electrons. The maximum absolute atomic E-state index is 13.1. The van der Waals surface area contributed by atoms with Crippen LogP contribution in [0.5, 0.6) is 0 Å². The highest BCUT2D eigenvalue weighted by atomic mass is 19.1. The lowest BCUT2D eigenvalue weighted by Gasteiger charge is -2.38. The highest BCUT2D eigenvalue weighted by molar-refractivity contribution is 5.98. The number of benzene rings is 2. The van der Waals surface area contributed by atoms with Crippen LogP contribution in [0.3, 0.4) is 0 Å². The van der Waals surface area contributed by atoms with E-state index in [4.69, 9.17) is 0 Å². The third-order valence-electron chi connectivity index (χ3n) is 4.97. The first-order valence-electron chi connectivity index (χ1n) is 9.10. The molecule has 1 N–H and O–H groups in total. The molecule has 3 rings (SSSR count).